The number of fused-ring (bicyclic) bond motifs is 1. The van der Waals surface area contributed by atoms with E-state index in [-0.39, 0.29) is 6.04 Å². The third kappa shape index (κ3) is 2.83. The highest BCUT2D eigenvalue weighted by molar-refractivity contribution is 5.98. The molecule has 0 radical (unpaired) electrons. The van der Waals surface area contributed by atoms with E-state index in [9.17, 15) is 0 Å². The van der Waals surface area contributed by atoms with Gasteiger partial charge in [-0.15, -0.1) is 5.10 Å². The average Bonchev–Trinajstić information content (AvgIpc) is 3.47. The largest absolute Gasteiger partial charge is 0.479 e. The normalized spacial score (nSPS) is 17.2. The Morgan fingerprint density at radius 1 is 1.28 bits per heavy atom. The van der Waals surface area contributed by atoms with Gasteiger partial charge in [0.05, 0.1) is 43.6 Å². The summed E-state index contributed by atoms with van der Waals surface area (Å²) in [6.45, 7) is 4.26. The zero-order chi connectivity index (χ0) is 20.0. The van der Waals surface area contributed by atoms with E-state index in [4.69, 9.17) is 14.5 Å². The molecule has 1 aliphatic heterocycles. The minimum Gasteiger partial charge on any atom is -0.479 e. The number of nitrogens with one attached hydrogen (secondary N) is 1. The van der Waals surface area contributed by atoms with E-state index < -0.39 is 0 Å². The zero-order valence-electron chi connectivity index (χ0n) is 16.5. The lowest BCUT2D eigenvalue weighted by molar-refractivity contribution is 0.0985. The first-order valence-corrected chi connectivity index (χ1v) is 9.47. The smallest absolute Gasteiger partial charge is 0.243 e. The average molecular weight is 394 g/mol. The molecule has 4 aromatic rings. The van der Waals surface area contributed by atoms with Gasteiger partial charge in [0.15, 0.2) is 11.5 Å². The third-order valence-electron chi connectivity index (χ3n) is 5.26. The van der Waals surface area contributed by atoms with Gasteiger partial charge >= 0.3 is 0 Å². The van der Waals surface area contributed by atoms with E-state index in [1.165, 1.54) is 0 Å². The molecular formula is C19H22N8O2. The van der Waals surface area contributed by atoms with Crippen molar-refractivity contribution in [2.45, 2.75) is 13.0 Å². The van der Waals surface area contributed by atoms with Gasteiger partial charge in [-0.1, -0.05) is 0 Å². The molecule has 0 saturated carbocycles. The van der Waals surface area contributed by atoms with Crippen LogP contribution in [-0.2, 0) is 11.8 Å². The number of morpholine rings is 1. The maximum Gasteiger partial charge on any atom is 0.243 e. The number of ether oxygens (including phenoxy) is 2. The molecule has 10 heteroatoms. The minimum absolute atomic E-state index is 0.221. The van der Waals surface area contributed by atoms with E-state index in [0.717, 1.165) is 29.0 Å². The van der Waals surface area contributed by atoms with Crippen molar-refractivity contribution in [2.75, 3.05) is 31.8 Å². The van der Waals surface area contributed by atoms with Crippen LogP contribution in [0.25, 0.3) is 28.1 Å². The van der Waals surface area contributed by atoms with Crippen molar-refractivity contribution in [3.05, 3.63) is 30.6 Å². The number of aromatic nitrogens is 7. The highest BCUT2D eigenvalue weighted by Crippen LogP contribution is 2.37. The van der Waals surface area contributed by atoms with Crippen LogP contribution in [0.5, 0.6) is 5.88 Å². The van der Waals surface area contributed by atoms with Crippen LogP contribution in [0.2, 0.25) is 0 Å². The van der Waals surface area contributed by atoms with Gasteiger partial charge in [0.25, 0.3) is 0 Å². The molecule has 5 rings (SSSR count). The molecule has 1 aliphatic rings. The summed E-state index contributed by atoms with van der Waals surface area (Å²) in [7, 11) is 3.54. The number of hydrogen-bond acceptors (Lipinski definition) is 7. The van der Waals surface area contributed by atoms with Gasteiger partial charge in [-0.2, -0.15) is 14.9 Å². The molecule has 0 bridgehead atoms. The number of pyridine rings is 1. The second-order valence-electron chi connectivity index (χ2n) is 7.05. The molecule has 1 atom stereocenters. The van der Waals surface area contributed by atoms with Crippen LogP contribution in [0.1, 0.15) is 6.92 Å². The van der Waals surface area contributed by atoms with Crippen molar-refractivity contribution in [2.24, 2.45) is 7.05 Å². The first-order valence-electron chi connectivity index (χ1n) is 9.47. The molecule has 29 heavy (non-hydrogen) atoms. The number of methoxy groups -OCH3 is 1. The molecule has 0 aliphatic carbocycles. The molecule has 0 spiro atoms. The van der Waals surface area contributed by atoms with E-state index in [1.54, 1.807) is 24.2 Å². The summed E-state index contributed by atoms with van der Waals surface area (Å²) in [5.41, 5.74) is 2.62. The van der Waals surface area contributed by atoms with Crippen LogP contribution < -0.4 is 9.64 Å². The Kier molecular flexibility index (Phi) is 4.20. The Bertz CT molecular complexity index is 1150. The third-order valence-corrected chi connectivity index (χ3v) is 5.26. The van der Waals surface area contributed by atoms with Crippen molar-refractivity contribution < 1.29 is 9.47 Å². The summed E-state index contributed by atoms with van der Waals surface area (Å²) >= 11 is 0. The second-order valence-corrected chi connectivity index (χ2v) is 7.05. The predicted molar refractivity (Wildman–Crippen MR) is 107 cm³/mol. The van der Waals surface area contributed by atoms with E-state index in [2.05, 4.69) is 38.3 Å². The highest BCUT2D eigenvalue weighted by atomic mass is 16.5. The molecule has 1 N–H and O–H groups in total. The van der Waals surface area contributed by atoms with E-state index in [0.29, 0.717) is 30.6 Å². The molecule has 1 unspecified atom stereocenters. The second kappa shape index (κ2) is 6.89. The van der Waals surface area contributed by atoms with Crippen molar-refractivity contribution >= 4 is 16.9 Å². The summed E-state index contributed by atoms with van der Waals surface area (Å²) in [6, 6.07) is 6.14. The molecule has 1 fully saturated rings. The number of aryl methyl sites for hydroxylation is 1. The van der Waals surface area contributed by atoms with Crippen molar-refractivity contribution in [3.8, 4) is 23.0 Å². The van der Waals surface area contributed by atoms with Gasteiger partial charge in [-0.25, -0.2) is 4.98 Å². The Labute approximate surface area is 167 Å². The van der Waals surface area contributed by atoms with Gasteiger partial charge < -0.3 is 14.4 Å². The number of hydrogen-bond donors (Lipinski definition) is 1. The Morgan fingerprint density at radius 2 is 2.17 bits per heavy atom. The monoisotopic (exact) mass is 394 g/mol. The fourth-order valence-corrected chi connectivity index (χ4v) is 3.80. The molecule has 0 aromatic carbocycles. The number of aromatic amines is 1. The number of H-pyrrole nitrogens is 1. The fraction of sp³-hybridized carbons (Fsp3) is 0.368. The molecule has 5 heterocycles. The van der Waals surface area contributed by atoms with Crippen molar-refractivity contribution in [3.63, 3.8) is 0 Å². The molecule has 150 valence electrons. The Morgan fingerprint density at radius 3 is 2.86 bits per heavy atom. The van der Waals surface area contributed by atoms with Crippen LogP contribution in [0, 0.1) is 0 Å². The van der Waals surface area contributed by atoms with Crippen LogP contribution >= 0.6 is 0 Å². The molecular weight excluding hydrogens is 372 g/mol. The maximum atomic E-state index is 5.62. The molecule has 4 aromatic heterocycles. The van der Waals surface area contributed by atoms with Gasteiger partial charge in [-0.05, 0) is 19.1 Å². The van der Waals surface area contributed by atoms with Gasteiger partial charge in [0.1, 0.15) is 5.82 Å². The lowest BCUT2D eigenvalue weighted by Gasteiger charge is -2.34. The summed E-state index contributed by atoms with van der Waals surface area (Å²) in [5, 5.41) is 16.8. The van der Waals surface area contributed by atoms with E-state index >= 15 is 0 Å². The van der Waals surface area contributed by atoms with Crippen LogP contribution in [0.15, 0.2) is 30.6 Å². The maximum absolute atomic E-state index is 5.62. The first-order chi connectivity index (χ1) is 14.2. The molecule has 1 saturated heterocycles. The van der Waals surface area contributed by atoms with E-state index in [1.807, 2.05) is 23.9 Å². The lowest BCUT2D eigenvalue weighted by atomic mass is 10.1. The Hall–Kier alpha value is -3.40. The Balaban J connectivity index is 1.82. The first kappa shape index (κ1) is 17.7. The van der Waals surface area contributed by atoms with Crippen LogP contribution in [0.4, 0.5) is 5.82 Å². The zero-order valence-corrected chi connectivity index (χ0v) is 16.5. The quantitative estimate of drug-likeness (QED) is 0.563. The topological polar surface area (TPSA) is 98.9 Å². The predicted octanol–water partition coefficient (Wildman–Crippen LogP) is 1.78. The highest BCUT2D eigenvalue weighted by Gasteiger charge is 2.26. The summed E-state index contributed by atoms with van der Waals surface area (Å²) in [5.74, 6) is 2.08. The van der Waals surface area contributed by atoms with Gasteiger partial charge in [0.2, 0.25) is 5.88 Å². The number of anilines is 1. The van der Waals surface area contributed by atoms with Gasteiger partial charge in [-0.3, -0.25) is 9.78 Å². The number of rotatable bonds is 4. The van der Waals surface area contributed by atoms with Crippen molar-refractivity contribution in [1.82, 2.24) is 34.7 Å². The standard InChI is InChI=1S/C19H22N8O2/c1-12-11-29-9-8-26(12)16-10-13(14-4-7-21-25(14)2)17-18(22-16)27(24-19(17)28-3)15-5-6-20-23-15/h4-7,10,12H,8-9,11H2,1-3H3,(H,20,23). The fourth-order valence-electron chi connectivity index (χ4n) is 3.80. The SMILES string of the molecule is COc1nn(-c2ccn[nH]2)c2nc(N3CCOCC3C)cc(-c3ccnn3C)c12. The minimum atomic E-state index is 0.221. The summed E-state index contributed by atoms with van der Waals surface area (Å²) < 4.78 is 14.8. The summed E-state index contributed by atoms with van der Waals surface area (Å²) in [6.07, 6.45) is 3.47. The van der Waals surface area contributed by atoms with Crippen molar-refractivity contribution in [1.29, 1.82) is 0 Å². The van der Waals surface area contributed by atoms with Crippen LogP contribution in [0.3, 0.4) is 0 Å². The lowest BCUT2D eigenvalue weighted by Crippen LogP contribution is -2.44. The molecule has 0 amide bonds. The summed E-state index contributed by atoms with van der Waals surface area (Å²) in [4.78, 5) is 7.25. The number of nitrogens with zero attached hydrogens (tertiary/aromatic N) is 7. The van der Waals surface area contributed by atoms with Gasteiger partial charge in [0, 0.05) is 31.4 Å². The van der Waals surface area contributed by atoms with Crippen LogP contribution in [-0.4, -0.2) is 67.7 Å². The molecule has 10 nitrogen and oxygen atoms in total.